The van der Waals surface area contributed by atoms with Gasteiger partial charge in [0.2, 0.25) is 0 Å². The summed E-state index contributed by atoms with van der Waals surface area (Å²) in [5.41, 5.74) is 0.421. The molecule has 110 valence electrons. The number of carbonyl (C=O) groups excluding carboxylic acids is 2. The minimum absolute atomic E-state index is 0.227. The lowest BCUT2D eigenvalue weighted by Crippen LogP contribution is -2.19. The van der Waals surface area contributed by atoms with Gasteiger partial charge in [-0.15, -0.1) is 0 Å². The number of aromatic nitrogens is 2. The van der Waals surface area contributed by atoms with Gasteiger partial charge in [-0.3, -0.25) is 14.9 Å². The maximum absolute atomic E-state index is 12.0. The summed E-state index contributed by atoms with van der Waals surface area (Å²) < 4.78 is 5.98. The molecule has 0 aliphatic rings. The molecule has 0 aromatic carbocycles. The van der Waals surface area contributed by atoms with E-state index >= 15 is 0 Å². The van der Waals surface area contributed by atoms with Gasteiger partial charge in [-0.05, 0) is 13.0 Å². The molecule has 2 rings (SSSR count). The second-order valence-electron chi connectivity index (χ2n) is 4.24. The summed E-state index contributed by atoms with van der Waals surface area (Å²) in [5.74, 6) is -0.961. The zero-order valence-electron chi connectivity index (χ0n) is 11.7. The lowest BCUT2D eigenvalue weighted by molar-refractivity contribution is 0.0605. The molecule has 0 aliphatic carbocycles. The van der Waals surface area contributed by atoms with Gasteiger partial charge in [0.25, 0.3) is 11.5 Å². The standard InChI is InChI=1S/C13H13N3O4S/c1-7-10(12(19)20-3)21-13(14-7)15-11(18)8-4-5-16(2)9(17)6-8/h4-6H,1-3H3,(H,14,15,18). The van der Waals surface area contributed by atoms with E-state index in [-0.39, 0.29) is 16.3 Å². The minimum Gasteiger partial charge on any atom is -0.465 e. The molecule has 8 heteroatoms. The lowest BCUT2D eigenvalue weighted by atomic mass is 10.2. The molecule has 1 amide bonds. The fourth-order valence-corrected chi connectivity index (χ4v) is 2.47. The Morgan fingerprint density at radius 2 is 2.14 bits per heavy atom. The predicted molar refractivity (Wildman–Crippen MR) is 77.8 cm³/mol. The van der Waals surface area contributed by atoms with Crippen LogP contribution in [0.15, 0.2) is 23.1 Å². The van der Waals surface area contributed by atoms with Crippen LogP contribution in [0.1, 0.15) is 25.7 Å². The first-order valence-corrected chi connectivity index (χ1v) is 6.78. The molecule has 0 aliphatic heterocycles. The van der Waals surface area contributed by atoms with Crippen molar-refractivity contribution in [2.24, 2.45) is 7.05 Å². The normalized spacial score (nSPS) is 10.2. The highest BCUT2D eigenvalue weighted by molar-refractivity contribution is 7.17. The zero-order chi connectivity index (χ0) is 15.6. The Balaban J connectivity index is 2.21. The lowest BCUT2D eigenvalue weighted by Gasteiger charge is -2.02. The molecule has 7 nitrogen and oxygen atoms in total. The molecule has 0 bridgehead atoms. The second kappa shape index (κ2) is 5.88. The maximum Gasteiger partial charge on any atom is 0.350 e. The quantitative estimate of drug-likeness (QED) is 0.860. The van der Waals surface area contributed by atoms with Crippen LogP contribution in [0.25, 0.3) is 0 Å². The van der Waals surface area contributed by atoms with Crippen molar-refractivity contribution in [3.63, 3.8) is 0 Å². The van der Waals surface area contributed by atoms with Gasteiger partial charge in [0, 0.05) is 24.9 Å². The number of thiazole rings is 1. The number of hydrogen-bond acceptors (Lipinski definition) is 6. The first kappa shape index (κ1) is 14.9. The molecule has 0 radical (unpaired) electrons. The Hall–Kier alpha value is -2.48. The summed E-state index contributed by atoms with van der Waals surface area (Å²) in [6.45, 7) is 1.65. The molecular weight excluding hydrogens is 294 g/mol. The number of nitrogens with one attached hydrogen (secondary N) is 1. The van der Waals surface area contributed by atoms with Crippen LogP contribution in [-0.2, 0) is 11.8 Å². The molecule has 2 heterocycles. The van der Waals surface area contributed by atoms with Gasteiger partial charge in [0.15, 0.2) is 5.13 Å². The van der Waals surface area contributed by atoms with Crippen molar-refractivity contribution in [1.82, 2.24) is 9.55 Å². The largest absolute Gasteiger partial charge is 0.465 e. The van der Waals surface area contributed by atoms with Crippen LogP contribution in [0.2, 0.25) is 0 Å². The van der Waals surface area contributed by atoms with E-state index in [2.05, 4.69) is 15.0 Å². The monoisotopic (exact) mass is 307 g/mol. The van der Waals surface area contributed by atoms with E-state index in [9.17, 15) is 14.4 Å². The average molecular weight is 307 g/mol. The maximum atomic E-state index is 12.0. The highest BCUT2D eigenvalue weighted by Gasteiger charge is 2.17. The molecule has 0 atom stereocenters. The highest BCUT2D eigenvalue weighted by atomic mass is 32.1. The smallest absolute Gasteiger partial charge is 0.350 e. The van der Waals surface area contributed by atoms with Crippen LogP contribution in [-0.4, -0.2) is 28.5 Å². The molecular formula is C13H13N3O4S. The molecule has 0 spiro atoms. The van der Waals surface area contributed by atoms with E-state index in [0.717, 1.165) is 11.3 Å². The highest BCUT2D eigenvalue weighted by Crippen LogP contribution is 2.23. The van der Waals surface area contributed by atoms with E-state index in [1.165, 1.54) is 30.0 Å². The van der Waals surface area contributed by atoms with Gasteiger partial charge >= 0.3 is 5.97 Å². The molecule has 0 fully saturated rings. The van der Waals surface area contributed by atoms with Gasteiger partial charge in [0.1, 0.15) is 4.88 Å². The van der Waals surface area contributed by atoms with Crippen molar-refractivity contribution in [2.45, 2.75) is 6.92 Å². The number of amides is 1. The Kier molecular flexibility index (Phi) is 4.18. The fraction of sp³-hybridized carbons (Fsp3) is 0.231. The predicted octanol–water partition coefficient (Wildman–Crippen LogP) is 1.19. The first-order valence-electron chi connectivity index (χ1n) is 5.96. The second-order valence-corrected chi connectivity index (χ2v) is 5.24. The SMILES string of the molecule is COC(=O)c1sc(NC(=O)c2ccn(C)c(=O)c2)nc1C. The number of aryl methyl sites for hydroxylation is 2. The number of pyridine rings is 1. The number of anilines is 1. The topological polar surface area (TPSA) is 90.3 Å². The number of nitrogens with zero attached hydrogens (tertiary/aromatic N) is 2. The summed E-state index contributed by atoms with van der Waals surface area (Å²) in [7, 11) is 2.87. The molecule has 2 aromatic rings. The summed E-state index contributed by atoms with van der Waals surface area (Å²) in [5, 5.41) is 2.83. The van der Waals surface area contributed by atoms with Crippen molar-refractivity contribution in [1.29, 1.82) is 0 Å². The van der Waals surface area contributed by atoms with Gasteiger partial charge in [-0.1, -0.05) is 11.3 Å². The van der Waals surface area contributed by atoms with Crippen LogP contribution in [0.4, 0.5) is 5.13 Å². The van der Waals surface area contributed by atoms with Crippen LogP contribution < -0.4 is 10.9 Å². The minimum atomic E-state index is -0.501. The number of rotatable bonds is 3. The van der Waals surface area contributed by atoms with Crippen molar-refractivity contribution in [3.8, 4) is 0 Å². The Bertz CT molecular complexity index is 763. The third-order valence-corrected chi connectivity index (χ3v) is 3.81. The first-order chi connectivity index (χ1) is 9.92. The van der Waals surface area contributed by atoms with Crippen molar-refractivity contribution >= 4 is 28.3 Å². The summed E-state index contributed by atoms with van der Waals surface area (Å²) >= 11 is 1.02. The number of esters is 1. The van der Waals surface area contributed by atoms with Crippen LogP contribution in [0.5, 0.6) is 0 Å². The van der Waals surface area contributed by atoms with Crippen molar-refractivity contribution < 1.29 is 14.3 Å². The van der Waals surface area contributed by atoms with Crippen molar-refractivity contribution in [2.75, 3.05) is 12.4 Å². The Labute approximate surface area is 124 Å². The van der Waals surface area contributed by atoms with Gasteiger partial charge in [-0.2, -0.15) is 0 Å². The van der Waals surface area contributed by atoms with E-state index in [0.29, 0.717) is 10.6 Å². The van der Waals surface area contributed by atoms with E-state index in [1.807, 2.05) is 0 Å². The average Bonchev–Trinajstić information content (AvgIpc) is 2.81. The van der Waals surface area contributed by atoms with Crippen LogP contribution in [0, 0.1) is 6.92 Å². The van der Waals surface area contributed by atoms with Gasteiger partial charge in [-0.25, -0.2) is 9.78 Å². The van der Waals surface area contributed by atoms with Crippen LogP contribution >= 0.6 is 11.3 Å². The Morgan fingerprint density at radius 3 is 2.76 bits per heavy atom. The molecule has 21 heavy (non-hydrogen) atoms. The van der Waals surface area contributed by atoms with Crippen molar-refractivity contribution in [3.05, 3.63) is 44.8 Å². The molecule has 0 unspecified atom stereocenters. The number of carbonyl (C=O) groups is 2. The molecule has 0 saturated heterocycles. The molecule has 1 N–H and O–H groups in total. The summed E-state index contributed by atoms with van der Waals surface area (Å²) in [6.07, 6.45) is 1.50. The number of methoxy groups -OCH3 is 1. The third kappa shape index (κ3) is 3.16. The fourth-order valence-electron chi connectivity index (χ4n) is 1.59. The van der Waals surface area contributed by atoms with Gasteiger partial charge < -0.3 is 9.30 Å². The van der Waals surface area contributed by atoms with Crippen LogP contribution in [0.3, 0.4) is 0 Å². The summed E-state index contributed by atoms with van der Waals surface area (Å²) in [4.78, 5) is 39.4. The Morgan fingerprint density at radius 1 is 1.43 bits per heavy atom. The zero-order valence-corrected chi connectivity index (χ0v) is 12.5. The van der Waals surface area contributed by atoms with E-state index < -0.39 is 11.9 Å². The van der Waals surface area contributed by atoms with E-state index in [4.69, 9.17) is 0 Å². The number of ether oxygens (including phenoxy) is 1. The third-order valence-electron chi connectivity index (χ3n) is 2.75. The number of hydrogen-bond donors (Lipinski definition) is 1. The molecule has 2 aromatic heterocycles. The molecule has 0 saturated carbocycles. The van der Waals surface area contributed by atoms with E-state index in [1.54, 1.807) is 14.0 Å². The summed E-state index contributed by atoms with van der Waals surface area (Å²) in [6, 6.07) is 2.76. The van der Waals surface area contributed by atoms with Gasteiger partial charge in [0.05, 0.1) is 12.8 Å².